The van der Waals surface area contributed by atoms with Gasteiger partial charge < -0.3 is 19.7 Å². The largest absolute Gasteiger partial charge is 0.493 e. The normalized spacial score (nSPS) is 20.4. The van der Waals surface area contributed by atoms with Gasteiger partial charge in [0.25, 0.3) is 0 Å². The number of benzene rings is 1. The van der Waals surface area contributed by atoms with Gasteiger partial charge in [0.05, 0.1) is 13.2 Å². The van der Waals surface area contributed by atoms with Crippen molar-refractivity contribution in [1.82, 2.24) is 10.2 Å². The second kappa shape index (κ2) is 7.01. The lowest BCUT2D eigenvalue weighted by Crippen LogP contribution is -2.35. The summed E-state index contributed by atoms with van der Waals surface area (Å²) in [5.74, 6) is 1.03. The van der Waals surface area contributed by atoms with E-state index in [0.29, 0.717) is 12.6 Å². The van der Waals surface area contributed by atoms with Crippen molar-refractivity contribution in [2.45, 2.75) is 38.8 Å². The third-order valence-electron chi connectivity index (χ3n) is 4.28. The fourth-order valence-corrected chi connectivity index (χ4v) is 3.09. The van der Waals surface area contributed by atoms with Crippen LogP contribution in [-0.4, -0.2) is 43.3 Å². The maximum absolute atomic E-state index is 11.7. The molecule has 1 aromatic carbocycles. The molecule has 0 bridgehead atoms. The van der Waals surface area contributed by atoms with E-state index < -0.39 is 0 Å². The number of aryl methyl sites for hydroxylation is 1. The fourth-order valence-electron chi connectivity index (χ4n) is 3.09. The van der Waals surface area contributed by atoms with Crippen LogP contribution >= 0.6 is 0 Å². The van der Waals surface area contributed by atoms with Crippen LogP contribution in [0.4, 0.5) is 4.79 Å². The van der Waals surface area contributed by atoms with E-state index in [1.165, 1.54) is 11.1 Å². The quantitative estimate of drug-likeness (QED) is 0.927. The molecule has 1 fully saturated rings. The monoisotopic (exact) mass is 304 g/mol. The van der Waals surface area contributed by atoms with E-state index in [0.717, 1.165) is 51.3 Å². The average molecular weight is 304 g/mol. The van der Waals surface area contributed by atoms with Crippen molar-refractivity contribution in [3.05, 3.63) is 29.3 Å². The highest BCUT2D eigenvalue weighted by Crippen LogP contribution is 2.25. The third-order valence-corrected chi connectivity index (χ3v) is 4.28. The Bertz CT molecular complexity index is 533. The van der Waals surface area contributed by atoms with Gasteiger partial charge in [-0.3, -0.25) is 0 Å². The smallest absolute Gasteiger partial charge is 0.409 e. The zero-order valence-electron chi connectivity index (χ0n) is 13.1. The first kappa shape index (κ1) is 15.2. The molecule has 0 aliphatic carbocycles. The summed E-state index contributed by atoms with van der Waals surface area (Å²) < 4.78 is 10.7. The Kier molecular flexibility index (Phi) is 4.83. The molecule has 2 aliphatic heterocycles. The molecular weight excluding hydrogens is 280 g/mol. The number of carbonyl (C=O) groups is 1. The number of ether oxygens (including phenoxy) is 2. The summed E-state index contributed by atoms with van der Waals surface area (Å²) in [6.45, 7) is 5.43. The summed E-state index contributed by atoms with van der Waals surface area (Å²) >= 11 is 0. The predicted molar refractivity (Wildman–Crippen MR) is 84.1 cm³/mol. The van der Waals surface area contributed by atoms with Crippen LogP contribution in [-0.2, 0) is 17.7 Å². The van der Waals surface area contributed by atoms with Gasteiger partial charge in [-0.25, -0.2) is 4.79 Å². The molecule has 1 N–H and O–H groups in total. The van der Waals surface area contributed by atoms with Gasteiger partial charge in [-0.1, -0.05) is 12.1 Å². The molecule has 0 spiro atoms. The molecule has 5 nitrogen and oxygen atoms in total. The van der Waals surface area contributed by atoms with Gasteiger partial charge in [0.15, 0.2) is 0 Å². The van der Waals surface area contributed by atoms with Crippen molar-refractivity contribution >= 4 is 6.09 Å². The zero-order chi connectivity index (χ0) is 15.4. The summed E-state index contributed by atoms with van der Waals surface area (Å²) in [4.78, 5) is 13.5. The predicted octanol–water partition coefficient (Wildman–Crippen LogP) is 2.33. The molecule has 1 unspecified atom stereocenters. The first-order valence-electron chi connectivity index (χ1n) is 8.16. The van der Waals surface area contributed by atoms with Crippen LogP contribution in [0.1, 0.15) is 30.9 Å². The molecule has 120 valence electrons. The highest BCUT2D eigenvalue weighted by atomic mass is 16.6. The van der Waals surface area contributed by atoms with Gasteiger partial charge in [0.1, 0.15) is 5.75 Å². The Hall–Kier alpha value is -1.75. The average Bonchev–Trinajstić information content (AvgIpc) is 3.02. The molecule has 0 aromatic heterocycles. The van der Waals surface area contributed by atoms with Crippen molar-refractivity contribution in [2.75, 3.05) is 26.3 Å². The Balaban J connectivity index is 1.50. The second-order valence-corrected chi connectivity index (χ2v) is 5.91. The Labute approximate surface area is 131 Å². The van der Waals surface area contributed by atoms with Gasteiger partial charge in [-0.05, 0) is 43.4 Å². The van der Waals surface area contributed by atoms with Crippen LogP contribution < -0.4 is 10.1 Å². The molecular formula is C17H24N2O3. The lowest BCUT2D eigenvalue weighted by molar-refractivity contribution is 0.115. The molecule has 1 aromatic rings. The fraction of sp³-hybridized carbons (Fsp3) is 0.588. The van der Waals surface area contributed by atoms with E-state index in [-0.39, 0.29) is 6.09 Å². The summed E-state index contributed by atoms with van der Waals surface area (Å²) in [5.41, 5.74) is 2.59. The number of nitrogens with one attached hydrogen (secondary N) is 1. The number of likely N-dealkylation sites (tertiary alicyclic amines) is 1. The van der Waals surface area contributed by atoms with E-state index in [2.05, 4.69) is 23.5 Å². The van der Waals surface area contributed by atoms with E-state index in [1.807, 2.05) is 6.92 Å². The van der Waals surface area contributed by atoms with E-state index in [4.69, 9.17) is 9.47 Å². The summed E-state index contributed by atoms with van der Waals surface area (Å²) in [5, 5.41) is 3.54. The molecule has 5 heteroatoms. The number of fused-ring (bicyclic) bond motifs is 1. The molecule has 0 saturated carbocycles. The van der Waals surface area contributed by atoms with Crippen LogP contribution in [0.3, 0.4) is 0 Å². The van der Waals surface area contributed by atoms with Gasteiger partial charge in [0.2, 0.25) is 0 Å². The molecule has 0 radical (unpaired) electrons. The number of amides is 1. The van der Waals surface area contributed by atoms with Gasteiger partial charge >= 0.3 is 6.09 Å². The third kappa shape index (κ3) is 3.53. The standard InChI is InChI=1S/C17H24N2O3/c1-2-21-17(20)19-8-7-15(12-19)18-11-13-5-6-16-14(10-13)4-3-9-22-16/h5-6,10,15,18H,2-4,7-9,11-12H2,1H3. The molecule has 22 heavy (non-hydrogen) atoms. The highest BCUT2D eigenvalue weighted by molar-refractivity contribution is 5.68. The van der Waals surface area contributed by atoms with Crippen LogP contribution in [0.25, 0.3) is 0 Å². The van der Waals surface area contributed by atoms with Crippen molar-refractivity contribution in [3.63, 3.8) is 0 Å². The number of hydrogen-bond acceptors (Lipinski definition) is 4. The topological polar surface area (TPSA) is 50.8 Å². The Morgan fingerprint density at radius 2 is 2.41 bits per heavy atom. The first-order chi connectivity index (χ1) is 10.8. The number of carbonyl (C=O) groups excluding carboxylic acids is 1. The molecule has 1 atom stereocenters. The maximum atomic E-state index is 11.7. The molecule has 2 heterocycles. The first-order valence-corrected chi connectivity index (χ1v) is 8.16. The highest BCUT2D eigenvalue weighted by Gasteiger charge is 2.26. The van der Waals surface area contributed by atoms with Crippen molar-refractivity contribution in [3.8, 4) is 5.75 Å². The minimum atomic E-state index is -0.197. The second-order valence-electron chi connectivity index (χ2n) is 5.91. The van der Waals surface area contributed by atoms with Crippen LogP contribution in [0.2, 0.25) is 0 Å². The van der Waals surface area contributed by atoms with Gasteiger partial charge in [-0.2, -0.15) is 0 Å². The van der Waals surface area contributed by atoms with Crippen LogP contribution in [0.5, 0.6) is 5.75 Å². The molecule has 3 rings (SSSR count). The van der Waals surface area contributed by atoms with E-state index in [9.17, 15) is 4.79 Å². The van der Waals surface area contributed by atoms with Gasteiger partial charge in [-0.15, -0.1) is 0 Å². The van der Waals surface area contributed by atoms with Crippen LogP contribution in [0.15, 0.2) is 18.2 Å². The Morgan fingerprint density at radius 3 is 3.27 bits per heavy atom. The van der Waals surface area contributed by atoms with Crippen molar-refractivity contribution < 1.29 is 14.3 Å². The molecule has 1 amide bonds. The lowest BCUT2D eigenvalue weighted by Gasteiger charge is -2.19. The van der Waals surface area contributed by atoms with E-state index >= 15 is 0 Å². The number of hydrogen-bond donors (Lipinski definition) is 1. The zero-order valence-corrected chi connectivity index (χ0v) is 13.1. The lowest BCUT2D eigenvalue weighted by atomic mass is 10.0. The summed E-state index contributed by atoms with van der Waals surface area (Å²) in [6.07, 6.45) is 2.98. The SMILES string of the molecule is CCOC(=O)N1CCC(NCc2ccc3c(c2)CCCO3)C1. The van der Waals surface area contributed by atoms with Crippen molar-refractivity contribution in [2.24, 2.45) is 0 Å². The van der Waals surface area contributed by atoms with Gasteiger partial charge in [0, 0.05) is 25.7 Å². The van der Waals surface area contributed by atoms with Crippen molar-refractivity contribution in [1.29, 1.82) is 0 Å². The summed E-state index contributed by atoms with van der Waals surface area (Å²) in [7, 11) is 0. The minimum Gasteiger partial charge on any atom is -0.493 e. The Morgan fingerprint density at radius 1 is 1.50 bits per heavy atom. The van der Waals surface area contributed by atoms with Crippen LogP contribution in [0, 0.1) is 0 Å². The number of rotatable bonds is 4. The number of nitrogens with zero attached hydrogens (tertiary/aromatic N) is 1. The maximum Gasteiger partial charge on any atom is 0.409 e. The summed E-state index contributed by atoms with van der Waals surface area (Å²) in [6, 6.07) is 6.77. The molecule has 2 aliphatic rings. The van der Waals surface area contributed by atoms with E-state index in [1.54, 1.807) is 4.90 Å². The molecule has 1 saturated heterocycles. The minimum absolute atomic E-state index is 0.197.